The molecule has 0 spiro atoms. The quantitative estimate of drug-likeness (QED) is 0.580. The average molecular weight is 156 g/mol. The Kier molecular flexibility index (Phi) is 1.86. The fraction of sp³-hybridized carbons (Fsp3) is 0. The van der Waals surface area contributed by atoms with Gasteiger partial charge in [-0.1, -0.05) is 0 Å². The van der Waals surface area contributed by atoms with Crippen LogP contribution in [-0.2, 0) is 0 Å². The Morgan fingerprint density at radius 1 is 1.60 bits per heavy atom. The highest BCUT2D eigenvalue weighted by atomic mass is 32.1. The fourth-order valence-electron chi connectivity index (χ4n) is 0.459. The number of hydrogen-bond donors (Lipinski definition) is 2. The van der Waals surface area contributed by atoms with Crippen LogP contribution in [0.2, 0.25) is 0 Å². The number of hydrogen-bond acceptors (Lipinski definition) is 4. The van der Waals surface area contributed by atoms with Crippen molar-refractivity contribution in [3.8, 4) is 0 Å². The second-order valence-corrected chi connectivity index (χ2v) is 2.03. The summed E-state index contributed by atoms with van der Waals surface area (Å²) in [6, 6.07) is 0. The summed E-state index contributed by atoms with van der Waals surface area (Å²) in [5, 5.41) is 8.68. The molecule has 0 aliphatic heterocycles. The third-order valence-electron chi connectivity index (χ3n) is 0.841. The predicted octanol–water partition coefficient (Wildman–Crippen LogP) is 0.463. The van der Waals surface area contributed by atoms with Crippen LogP contribution in [-0.4, -0.2) is 21.0 Å². The second kappa shape index (κ2) is 2.66. The molecule has 0 radical (unpaired) electrons. The van der Waals surface area contributed by atoms with Crippen LogP contribution in [0.1, 0.15) is 10.5 Å². The Hall–Kier alpha value is -1.10. The number of rotatable bonds is 1. The molecule has 0 atom stereocenters. The van der Waals surface area contributed by atoms with Gasteiger partial charge in [-0.05, 0) is 0 Å². The van der Waals surface area contributed by atoms with E-state index in [-0.39, 0.29) is 5.69 Å². The van der Waals surface area contributed by atoms with E-state index in [0.717, 1.165) is 0 Å². The molecule has 0 saturated carbocycles. The number of carboxylic acids is 1. The van der Waals surface area contributed by atoms with Crippen molar-refractivity contribution in [1.82, 2.24) is 9.97 Å². The smallest absolute Gasteiger partial charge is 0.356 e. The number of carbonyl (C=O) groups is 1. The Morgan fingerprint density at radius 3 is 2.70 bits per heavy atom. The van der Waals surface area contributed by atoms with Crippen LogP contribution in [0.4, 0.5) is 0 Å². The van der Waals surface area contributed by atoms with Crippen LogP contribution < -0.4 is 0 Å². The lowest BCUT2D eigenvalue weighted by atomic mass is 10.5. The van der Waals surface area contributed by atoms with E-state index < -0.39 is 5.97 Å². The maximum Gasteiger partial charge on any atom is 0.356 e. The third-order valence-corrected chi connectivity index (χ3v) is 1.06. The lowest BCUT2D eigenvalue weighted by molar-refractivity contribution is 0.0689. The van der Waals surface area contributed by atoms with Crippen LogP contribution in [0, 0.1) is 0 Å². The van der Waals surface area contributed by atoms with Crippen LogP contribution in [0.5, 0.6) is 0 Å². The molecule has 1 N–H and O–H groups in total. The number of aromatic carboxylic acids is 1. The molecule has 1 heterocycles. The maximum absolute atomic E-state index is 10.2. The minimum Gasteiger partial charge on any atom is -0.476 e. The van der Waals surface area contributed by atoms with E-state index in [2.05, 4.69) is 22.6 Å². The molecule has 0 saturated heterocycles. The number of carboxylic acid groups (broad SMARTS) is 1. The topological polar surface area (TPSA) is 63.1 Å². The first-order valence-corrected chi connectivity index (χ1v) is 2.89. The van der Waals surface area contributed by atoms with Crippen molar-refractivity contribution in [2.45, 2.75) is 5.03 Å². The molecule has 0 unspecified atom stereocenters. The van der Waals surface area contributed by atoms with Gasteiger partial charge in [-0.2, -0.15) is 0 Å². The molecule has 0 fully saturated rings. The van der Waals surface area contributed by atoms with Crippen molar-refractivity contribution in [2.75, 3.05) is 0 Å². The summed E-state index contributed by atoms with van der Waals surface area (Å²) in [6.07, 6.45) is 2.54. The summed E-state index contributed by atoms with van der Waals surface area (Å²) in [4.78, 5) is 17.4. The fourth-order valence-corrected chi connectivity index (χ4v) is 0.633. The molecule has 0 aliphatic carbocycles. The SMILES string of the molecule is O=C(O)c1cncc(S)n1. The van der Waals surface area contributed by atoms with Crippen molar-refractivity contribution in [1.29, 1.82) is 0 Å². The van der Waals surface area contributed by atoms with Gasteiger partial charge in [0, 0.05) is 0 Å². The zero-order valence-electron chi connectivity index (χ0n) is 4.85. The molecule has 1 aromatic rings. The third kappa shape index (κ3) is 1.44. The highest BCUT2D eigenvalue weighted by Gasteiger charge is 2.02. The first kappa shape index (κ1) is 7.01. The van der Waals surface area contributed by atoms with Gasteiger partial charge in [-0.25, -0.2) is 9.78 Å². The average Bonchev–Trinajstić information content (AvgIpc) is 1.88. The van der Waals surface area contributed by atoms with E-state index in [4.69, 9.17) is 5.11 Å². The highest BCUT2D eigenvalue weighted by Crippen LogP contribution is 1.99. The van der Waals surface area contributed by atoms with Crippen LogP contribution in [0.3, 0.4) is 0 Å². The van der Waals surface area contributed by atoms with Gasteiger partial charge in [0.25, 0.3) is 0 Å². The van der Waals surface area contributed by atoms with Crippen LogP contribution >= 0.6 is 12.6 Å². The number of thiol groups is 1. The molecule has 0 amide bonds. The highest BCUT2D eigenvalue weighted by molar-refractivity contribution is 7.80. The molecule has 0 aliphatic rings. The van der Waals surface area contributed by atoms with Crippen molar-refractivity contribution in [2.24, 2.45) is 0 Å². The standard InChI is InChI=1S/C5H4N2O2S/c8-5(9)3-1-6-2-4(10)7-3/h1-2H,(H,7,10)(H,8,9). The Labute approximate surface area is 62.3 Å². The largest absolute Gasteiger partial charge is 0.476 e. The Bertz CT molecular complexity index is 264. The van der Waals surface area contributed by atoms with Gasteiger partial charge in [-0.3, -0.25) is 4.98 Å². The van der Waals surface area contributed by atoms with Crippen molar-refractivity contribution in [3.05, 3.63) is 18.1 Å². The normalized spacial score (nSPS) is 9.30. The molecule has 0 bridgehead atoms. The van der Waals surface area contributed by atoms with Gasteiger partial charge >= 0.3 is 5.97 Å². The monoisotopic (exact) mass is 156 g/mol. The van der Waals surface area contributed by atoms with Crippen molar-refractivity contribution >= 4 is 18.6 Å². The summed E-state index contributed by atoms with van der Waals surface area (Å²) in [6.45, 7) is 0. The summed E-state index contributed by atoms with van der Waals surface area (Å²) in [7, 11) is 0. The van der Waals surface area contributed by atoms with Crippen LogP contribution in [0.25, 0.3) is 0 Å². The summed E-state index contributed by atoms with van der Waals surface area (Å²) in [5.74, 6) is -1.09. The lowest BCUT2D eigenvalue weighted by Gasteiger charge is -1.91. The van der Waals surface area contributed by atoms with E-state index >= 15 is 0 Å². The van der Waals surface area contributed by atoms with Crippen LogP contribution in [0.15, 0.2) is 17.4 Å². The molecule has 1 rings (SSSR count). The van der Waals surface area contributed by atoms with E-state index in [1.54, 1.807) is 0 Å². The minimum atomic E-state index is -1.09. The number of aromatic nitrogens is 2. The molecule has 52 valence electrons. The second-order valence-electron chi connectivity index (χ2n) is 1.57. The van der Waals surface area contributed by atoms with Gasteiger partial charge in [0.2, 0.25) is 0 Å². The zero-order valence-corrected chi connectivity index (χ0v) is 5.75. The lowest BCUT2D eigenvalue weighted by Crippen LogP contribution is -2.00. The number of nitrogens with zero attached hydrogens (tertiary/aromatic N) is 2. The van der Waals surface area contributed by atoms with Gasteiger partial charge in [-0.15, -0.1) is 12.6 Å². The Morgan fingerprint density at radius 2 is 2.30 bits per heavy atom. The predicted molar refractivity (Wildman–Crippen MR) is 36.2 cm³/mol. The van der Waals surface area contributed by atoms with Gasteiger partial charge in [0.1, 0.15) is 5.03 Å². The maximum atomic E-state index is 10.2. The van der Waals surface area contributed by atoms with Gasteiger partial charge < -0.3 is 5.11 Å². The van der Waals surface area contributed by atoms with Crippen molar-refractivity contribution in [3.63, 3.8) is 0 Å². The molecular weight excluding hydrogens is 152 g/mol. The van der Waals surface area contributed by atoms with E-state index in [1.165, 1.54) is 12.4 Å². The molecule has 1 aromatic heterocycles. The minimum absolute atomic E-state index is 0.0903. The molecule has 5 heteroatoms. The molecule has 4 nitrogen and oxygen atoms in total. The summed E-state index contributed by atoms with van der Waals surface area (Å²) < 4.78 is 0. The summed E-state index contributed by atoms with van der Waals surface area (Å²) in [5.41, 5.74) is -0.0903. The first-order chi connectivity index (χ1) is 4.70. The van der Waals surface area contributed by atoms with Gasteiger partial charge in [0.05, 0.1) is 12.4 Å². The molecule has 0 aromatic carbocycles. The Balaban J connectivity index is 3.07. The molecular formula is C5H4N2O2S. The first-order valence-electron chi connectivity index (χ1n) is 2.44. The van der Waals surface area contributed by atoms with E-state index in [9.17, 15) is 4.79 Å². The molecule has 10 heavy (non-hydrogen) atoms. The van der Waals surface area contributed by atoms with Gasteiger partial charge in [0.15, 0.2) is 5.69 Å². The summed E-state index contributed by atoms with van der Waals surface area (Å²) >= 11 is 3.81. The zero-order chi connectivity index (χ0) is 7.56. The van der Waals surface area contributed by atoms with E-state index in [0.29, 0.717) is 5.03 Å². The van der Waals surface area contributed by atoms with E-state index in [1.807, 2.05) is 0 Å². The van der Waals surface area contributed by atoms with Crippen molar-refractivity contribution < 1.29 is 9.90 Å².